The van der Waals surface area contributed by atoms with Crippen LogP contribution >= 0.6 is 11.8 Å². The summed E-state index contributed by atoms with van der Waals surface area (Å²) < 4.78 is 12.9. The van der Waals surface area contributed by atoms with E-state index in [1.165, 1.54) is 29.5 Å². The third-order valence-electron chi connectivity index (χ3n) is 4.96. The van der Waals surface area contributed by atoms with E-state index in [9.17, 15) is 14.0 Å². The van der Waals surface area contributed by atoms with Gasteiger partial charge >= 0.3 is 0 Å². The molecule has 1 heterocycles. The highest BCUT2D eigenvalue weighted by Crippen LogP contribution is 2.29. The first kappa shape index (κ1) is 20.2. The second kappa shape index (κ2) is 9.13. The molecule has 1 aliphatic heterocycles. The first-order valence-corrected chi connectivity index (χ1v) is 10.8. The minimum atomic E-state index is -0.270. The fourth-order valence-corrected chi connectivity index (χ4v) is 4.27. The van der Waals surface area contributed by atoms with E-state index in [1.807, 2.05) is 18.2 Å². The first-order valence-electron chi connectivity index (χ1n) is 9.78. The number of carbonyl (C=O) groups is 2. The van der Waals surface area contributed by atoms with Gasteiger partial charge in [-0.15, -0.1) is 11.8 Å². The molecule has 0 bridgehead atoms. The standard InChI is InChI=1S/C24H21FN2O2S/c25-19-7-11-21(12-8-19)30-16-14-23(28)26-20-9-5-18(6-10-20)24(29)27-15-13-17-3-1-2-4-22(17)27/h1-12H,13-16H2,(H,26,28). The lowest BCUT2D eigenvalue weighted by Crippen LogP contribution is -2.28. The maximum absolute atomic E-state index is 12.9. The molecule has 3 aromatic carbocycles. The Morgan fingerprint density at radius 2 is 1.70 bits per heavy atom. The lowest BCUT2D eigenvalue weighted by molar-refractivity contribution is -0.115. The number of carbonyl (C=O) groups excluding carboxylic acids is 2. The Morgan fingerprint density at radius 1 is 0.967 bits per heavy atom. The molecule has 30 heavy (non-hydrogen) atoms. The second-order valence-electron chi connectivity index (χ2n) is 7.01. The third-order valence-corrected chi connectivity index (χ3v) is 5.97. The predicted molar refractivity (Wildman–Crippen MR) is 119 cm³/mol. The first-order chi connectivity index (χ1) is 14.6. The molecule has 0 aromatic heterocycles. The molecule has 4 rings (SSSR count). The molecular weight excluding hydrogens is 399 g/mol. The van der Waals surface area contributed by atoms with Gasteiger partial charge in [0.1, 0.15) is 5.82 Å². The van der Waals surface area contributed by atoms with E-state index in [0.29, 0.717) is 30.0 Å². The molecule has 0 spiro atoms. The molecule has 4 nitrogen and oxygen atoms in total. The topological polar surface area (TPSA) is 49.4 Å². The van der Waals surface area contributed by atoms with Crippen molar-refractivity contribution in [1.29, 1.82) is 0 Å². The van der Waals surface area contributed by atoms with Gasteiger partial charge in [-0.2, -0.15) is 0 Å². The summed E-state index contributed by atoms with van der Waals surface area (Å²) in [6.45, 7) is 0.683. The summed E-state index contributed by atoms with van der Waals surface area (Å²) in [5.41, 5.74) is 3.41. The number of amides is 2. The number of hydrogen-bond acceptors (Lipinski definition) is 3. The molecule has 2 amide bonds. The Balaban J connectivity index is 1.29. The maximum atomic E-state index is 12.9. The van der Waals surface area contributed by atoms with E-state index >= 15 is 0 Å². The van der Waals surface area contributed by atoms with Crippen molar-refractivity contribution >= 4 is 35.0 Å². The highest BCUT2D eigenvalue weighted by molar-refractivity contribution is 7.99. The van der Waals surface area contributed by atoms with Crippen LogP contribution < -0.4 is 10.2 Å². The smallest absolute Gasteiger partial charge is 0.258 e. The zero-order valence-electron chi connectivity index (χ0n) is 16.3. The lowest BCUT2D eigenvalue weighted by atomic mass is 10.1. The van der Waals surface area contributed by atoms with Crippen LogP contribution in [0.5, 0.6) is 0 Å². The number of nitrogens with zero attached hydrogens (tertiary/aromatic N) is 1. The summed E-state index contributed by atoms with van der Waals surface area (Å²) in [7, 11) is 0. The highest BCUT2D eigenvalue weighted by atomic mass is 32.2. The monoisotopic (exact) mass is 420 g/mol. The Morgan fingerprint density at radius 3 is 2.47 bits per heavy atom. The fourth-order valence-electron chi connectivity index (χ4n) is 3.42. The average Bonchev–Trinajstić information content (AvgIpc) is 3.19. The van der Waals surface area contributed by atoms with Crippen molar-refractivity contribution in [3.63, 3.8) is 0 Å². The number of rotatable bonds is 6. The van der Waals surface area contributed by atoms with Gasteiger partial charge in [0.15, 0.2) is 0 Å². The van der Waals surface area contributed by atoms with Crippen LogP contribution in [-0.2, 0) is 11.2 Å². The maximum Gasteiger partial charge on any atom is 0.258 e. The van der Waals surface area contributed by atoms with Crippen molar-refractivity contribution in [1.82, 2.24) is 0 Å². The normalized spacial score (nSPS) is 12.5. The Bertz CT molecular complexity index is 1050. The molecule has 1 N–H and O–H groups in total. The molecule has 6 heteroatoms. The summed E-state index contributed by atoms with van der Waals surface area (Å²) in [6.07, 6.45) is 1.21. The quantitative estimate of drug-likeness (QED) is 0.561. The zero-order chi connectivity index (χ0) is 20.9. The van der Waals surface area contributed by atoms with Gasteiger partial charge in [0.05, 0.1) is 0 Å². The number of fused-ring (bicyclic) bond motifs is 1. The molecule has 0 atom stereocenters. The van der Waals surface area contributed by atoms with E-state index in [0.717, 1.165) is 17.0 Å². The number of hydrogen-bond donors (Lipinski definition) is 1. The number of thioether (sulfide) groups is 1. The number of halogens is 1. The SMILES string of the molecule is O=C(CCSc1ccc(F)cc1)Nc1ccc(C(=O)N2CCc3ccccc32)cc1. The minimum absolute atomic E-state index is 0.0338. The Labute approximate surface area is 179 Å². The van der Waals surface area contributed by atoms with Gasteiger partial charge in [-0.1, -0.05) is 18.2 Å². The Kier molecular flexibility index (Phi) is 6.14. The van der Waals surface area contributed by atoms with Crippen LogP contribution in [0.2, 0.25) is 0 Å². The van der Waals surface area contributed by atoms with E-state index in [2.05, 4.69) is 11.4 Å². The predicted octanol–water partition coefficient (Wildman–Crippen LogP) is 5.15. The summed E-state index contributed by atoms with van der Waals surface area (Å²) in [4.78, 5) is 27.7. The average molecular weight is 421 g/mol. The van der Waals surface area contributed by atoms with Crippen LogP contribution in [0, 0.1) is 5.82 Å². The largest absolute Gasteiger partial charge is 0.326 e. The van der Waals surface area contributed by atoms with Gasteiger partial charge in [-0.05, 0) is 66.6 Å². The van der Waals surface area contributed by atoms with Gasteiger partial charge in [-0.3, -0.25) is 9.59 Å². The van der Waals surface area contributed by atoms with Crippen molar-refractivity contribution in [2.45, 2.75) is 17.7 Å². The van der Waals surface area contributed by atoms with Crippen LogP contribution in [-0.4, -0.2) is 24.1 Å². The summed E-state index contributed by atoms with van der Waals surface area (Å²) >= 11 is 1.51. The van der Waals surface area contributed by atoms with Gasteiger partial charge in [0.2, 0.25) is 5.91 Å². The molecule has 0 aliphatic carbocycles. The lowest BCUT2D eigenvalue weighted by Gasteiger charge is -2.17. The van der Waals surface area contributed by atoms with Crippen LogP contribution in [0.4, 0.5) is 15.8 Å². The van der Waals surface area contributed by atoms with Gasteiger partial charge in [0.25, 0.3) is 5.91 Å². The van der Waals surface area contributed by atoms with E-state index < -0.39 is 0 Å². The van der Waals surface area contributed by atoms with Gasteiger partial charge in [-0.25, -0.2) is 4.39 Å². The number of para-hydroxylation sites is 1. The van der Waals surface area contributed by atoms with E-state index in [4.69, 9.17) is 0 Å². The van der Waals surface area contributed by atoms with Crippen molar-refractivity contribution < 1.29 is 14.0 Å². The number of anilines is 2. The zero-order valence-corrected chi connectivity index (χ0v) is 17.1. The van der Waals surface area contributed by atoms with Crippen molar-refractivity contribution in [3.05, 3.63) is 89.7 Å². The summed E-state index contributed by atoms with van der Waals surface area (Å²) in [5, 5.41) is 2.85. The molecule has 0 saturated heterocycles. The minimum Gasteiger partial charge on any atom is -0.326 e. The molecule has 152 valence electrons. The second-order valence-corrected chi connectivity index (χ2v) is 8.18. The Hall–Kier alpha value is -3.12. The van der Waals surface area contributed by atoms with Crippen LogP contribution in [0.15, 0.2) is 77.7 Å². The van der Waals surface area contributed by atoms with Crippen molar-refractivity contribution in [2.75, 3.05) is 22.5 Å². The molecular formula is C24H21FN2O2S. The van der Waals surface area contributed by atoms with Gasteiger partial charge in [0, 0.05) is 40.6 Å². The molecule has 0 fully saturated rings. The number of benzene rings is 3. The van der Waals surface area contributed by atoms with Crippen LogP contribution in [0.3, 0.4) is 0 Å². The van der Waals surface area contributed by atoms with Gasteiger partial charge < -0.3 is 10.2 Å². The summed E-state index contributed by atoms with van der Waals surface area (Å²) in [6, 6.07) is 21.2. The number of nitrogens with one attached hydrogen (secondary N) is 1. The molecule has 3 aromatic rings. The van der Waals surface area contributed by atoms with Crippen LogP contribution in [0.25, 0.3) is 0 Å². The van der Waals surface area contributed by atoms with Crippen molar-refractivity contribution in [3.8, 4) is 0 Å². The van der Waals surface area contributed by atoms with Crippen molar-refractivity contribution in [2.24, 2.45) is 0 Å². The molecule has 1 aliphatic rings. The summed E-state index contributed by atoms with van der Waals surface area (Å²) in [5.74, 6) is 0.196. The molecule has 0 unspecified atom stereocenters. The van der Waals surface area contributed by atoms with E-state index in [-0.39, 0.29) is 17.6 Å². The highest BCUT2D eigenvalue weighted by Gasteiger charge is 2.24. The third kappa shape index (κ3) is 4.71. The fraction of sp³-hybridized carbons (Fsp3) is 0.167. The molecule has 0 radical (unpaired) electrons. The van der Waals surface area contributed by atoms with E-state index in [1.54, 1.807) is 41.3 Å². The molecule has 0 saturated carbocycles. The van der Waals surface area contributed by atoms with Crippen LogP contribution in [0.1, 0.15) is 22.3 Å².